The monoisotopic (exact) mass is 182 g/mol. The van der Waals surface area contributed by atoms with Gasteiger partial charge in [0.2, 0.25) is 0 Å². The lowest BCUT2D eigenvalue weighted by molar-refractivity contribution is 0.122. The van der Waals surface area contributed by atoms with Gasteiger partial charge in [-0.2, -0.15) is 0 Å². The Morgan fingerprint density at radius 1 is 1.46 bits per heavy atom. The molecular weight excluding hydrogens is 160 g/mol. The summed E-state index contributed by atoms with van der Waals surface area (Å²) < 4.78 is 0. The molecule has 0 saturated heterocycles. The molecule has 1 aliphatic carbocycles. The van der Waals surface area contributed by atoms with Crippen LogP contribution in [-0.2, 0) is 0 Å². The minimum absolute atomic E-state index is 0.180. The number of hydrogen-bond donors (Lipinski definition) is 1. The number of rotatable bonds is 2. The van der Waals surface area contributed by atoms with Crippen LogP contribution in [0.1, 0.15) is 40.0 Å². The predicted octanol–water partition coefficient (Wildman–Crippen LogP) is 3.00. The van der Waals surface area contributed by atoms with Gasteiger partial charge in [-0.15, -0.1) is 0 Å². The molecule has 1 saturated carbocycles. The van der Waals surface area contributed by atoms with Crippen LogP contribution in [0.15, 0.2) is 12.2 Å². The summed E-state index contributed by atoms with van der Waals surface area (Å²) in [6.45, 7) is 7.19. The van der Waals surface area contributed by atoms with Crippen molar-refractivity contribution in [2.75, 3.05) is 6.61 Å². The topological polar surface area (TPSA) is 20.2 Å². The lowest BCUT2D eigenvalue weighted by atomic mass is 9.64. The van der Waals surface area contributed by atoms with Crippen LogP contribution in [0.2, 0.25) is 0 Å². The maximum Gasteiger partial charge on any atom is 0.0612 e. The molecule has 0 aromatic heterocycles. The van der Waals surface area contributed by atoms with Gasteiger partial charge in [-0.25, -0.2) is 0 Å². The van der Waals surface area contributed by atoms with E-state index in [1.807, 2.05) is 6.08 Å². The first kappa shape index (κ1) is 10.8. The Kier molecular flexibility index (Phi) is 3.55. The van der Waals surface area contributed by atoms with Crippen LogP contribution in [0.4, 0.5) is 0 Å². The molecule has 1 N–H and O–H groups in total. The van der Waals surface area contributed by atoms with E-state index in [1.54, 1.807) is 0 Å². The fraction of sp³-hybridized carbons (Fsp3) is 0.833. The summed E-state index contributed by atoms with van der Waals surface area (Å²) in [7, 11) is 0. The van der Waals surface area contributed by atoms with Crippen molar-refractivity contribution in [3.05, 3.63) is 12.2 Å². The van der Waals surface area contributed by atoms with Crippen molar-refractivity contribution >= 4 is 0 Å². The van der Waals surface area contributed by atoms with Crippen LogP contribution in [0.3, 0.4) is 0 Å². The van der Waals surface area contributed by atoms with Gasteiger partial charge in [0.1, 0.15) is 0 Å². The Hall–Kier alpha value is -0.300. The molecule has 76 valence electrons. The third kappa shape index (κ3) is 2.57. The zero-order valence-electron chi connectivity index (χ0n) is 9.09. The second-order valence-electron chi connectivity index (χ2n) is 4.99. The van der Waals surface area contributed by atoms with Gasteiger partial charge < -0.3 is 5.11 Å². The van der Waals surface area contributed by atoms with Crippen molar-refractivity contribution in [3.63, 3.8) is 0 Å². The van der Waals surface area contributed by atoms with E-state index in [1.165, 1.54) is 19.3 Å². The average molecular weight is 182 g/mol. The molecule has 1 heteroatoms. The fourth-order valence-corrected chi connectivity index (χ4v) is 2.65. The quantitative estimate of drug-likeness (QED) is 0.651. The first-order valence-corrected chi connectivity index (χ1v) is 5.35. The SMILES string of the molecule is CC1CCCC(C)(C)C1/C=C/CO. The molecule has 0 spiro atoms. The Morgan fingerprint density at radius 3 is 2.69 bits per heavy atom. The van der Waals surface area contributed by atoms with Gasteiger partial charge in [-0.05, 0) is 23.7 Å². The van der Waals surface area contributed by atoms with Gasteiger partial charge in [0.05, 0.1) is 6.61 Å². The third-order valence-corrected chi connectivity index (χ3v) is 3.44. The maximum atomic E-state index is 8.77. The predicted molar refractivity (Wildman–Crippen MR) is 56.5 cm³/mol. The van der Waals surface area contributed by atoms with E-state index in [2.05, 4.69) is 26.8 Å². The van der Waals surface area contributed by atoms with E-state index in [0.29, 0.717) is 11.3 Å². The smallest absolute Gasteiger partial charge is 0.0612 e. The molecule has 1 rings (SSSR count). The Morgan fingerprint density at radius 2 is 2.15 bits per heavy atom. The average Bonchev–Trinajstić information content (AvgIpc) is 2.02. The molecule has 0 aliphatic heterocycles. The molecule has 0 heterocycles. The molecule has 0 aromatic carbocycles. The van der Waals surface area contributed by atoms with E-state index >= 15 is 0 Å². The second-order valence-corrected chi connectivity index (χ2v) is 4.99. The number of hydrogen-bond acceptors (Lipinski definition) is 1. The van der Waals surface area contributed by atoms with Gasteiger partial charge in [0.25, 0.3) is 0 Å². The van der Waals surface area contributed by atoms with Crippen molar-refractivity contribution in [1.82, 2.24) is 0 Å². The van der Waals surface area contributed by atoms with Gasteiger partial charge in [0, 0.05) is 0 Å². The van der Waals surface area contributed by atoms with E-state index in [4.69, 9.17) is 5.11 Å². The van der Waals surface area contributed by atoms with E-state index < -0.39 is 0 Å². The molecule has 0 radical (unpaired) electrons. The highest BCUT2D eigenvalue weighted by molar-refractivity contribution is 4.99. The van der Waals surface area contributed by atoms with Crippen molar-refractivity contribution < 1.29 is 5.11 Å². The van der Waals surface area contributed by atoms with Crippen LogP contribution < -0.4 is 0 Å². The maximum absolute atomic E-state index is 8.77. The van der Waals surface area contributed by atoms with Crippen LogP contribution in [0.5, 0.6) is 0 Å². The molecule has 1 nitrogen and oxygen atoms in total. The highest BCUT2D eigenvalue weighted by Gasteiger charge is 2.34. The molecule has 2 unspecified atom stereocenters. The van der Waals surface area contributed by atoms with Gasteiger partial charge in [0.15, 0.2) is 0 Å². The molecule has 1 fully saturated rings. The normalized spacial score (nSPS) is 33.8. The van der Waals surface area contributed by atoms with Crippen molar-refractivity contribution in [1.29, 1.82) is 0 Å². The summed E-state index contributed by atoms with van der Waals surface area (Å²) in [4.78, 5) is 0. The number of aliphatic hydroxyl groups excluding tert-OH is 1. The molecule has 0 amide bonds. The van der Waals surface area contributed by atoms with E-state index in [0.717, 1.165) is 5.92 Å². The van der Waals surface area contributed by atoms with Crippen LogP contribution in [-0.4, -0.2) is 11.7 Å². The highest BCUT2D eigenvalue weighted by atomic mass is 16.2. The first-order chi connectivity index (χ1) is 6.08. The van der Waals surface area contributed by atoms with E-state index in [-0.39, 0.29) is 6.61 Å². The van der Waals surface area contributed by atoms with Gasteiger partial charge in [-0.1, -0.05) is 45.8 Å². The summed E-state index contributed by atoms with van der Waals surface area (Å²) in [6, 6.07) is 0. The lowest BCUT2D eigenvalue weighted by Gasteiger charge is -2.41. The van der Waals surface area contributed by atoms with Crippen LogP contribution in [0.25, 0.3) is 0 Å². The Labute approximate surface area is 81.9 Å². The fourth-order valence-electron chi connectivity index (χ4n) is 2.65. The zero-order chi connectivity index (χ0) is 9.90. The summed E-state index contributed by atoms with van der Waals surface area (Å²) in [5.41, 5.74) is 0.420. The van der Waals surface area contributed by atoms with Crippen molar-refractivity contribution in [3.8, 4) is 0 Å². The molecular formula is C12H22O. The standard InChI is InChI=1S/C12H22O/c1-10-6-4-8-12(2,3)11(10)7-5-9-13/h5,7,10-11,13H,4,6,8-9H2,1-3H3/b7-5+. The van der Waals surface area contributed by atoms with E-state index in [9.17, 15) is 0 Å². The second kappa shape index (κ2) is 4.28. The first-order valence-electron chi connectivity index (χ1n) is 5.35. The highest BCUT2D eigenvalue weighted by Crippen LogP contribution is 2.44. The molecule has 1 aliphatic rings. The zero-order valence-corrected chi connectivity index (χ0v) is 9.09. The molecule has 13 heavy (non-hydrogen) atoms. The van der Waals surface area contributed by atoms with Crippen LogP contribution in [0, 0.1) is 17.3 Å². The van der Waals surface area contributed by atoms with Crippen molar-refractivity contribution in [2.24, 2.45) is 17.3 Å². The Balaban J connectivity index is 2.68. The minimum atomic E-state index is 0.180. The molecule has 2 atom stereocenters. The number of aliphatic hydroxyl groups is 1. The summed E-state index contributed by atoms with van der Waals surface area (Å²) >= 11 is 0. The third-order valence-electron chi connectivity index (χ3n) is 3.44. The molecule has 0 bridgehead atoms. The Bertz CT molecular complexity index is 182. The minimum Gasteiger partial charge on any atom is -0.392 e. The summed E-state index contributed by atoms with van der Waals surface area (Å²) in [6.07, 6.45) is 8.12. The van der Waals surface area contributed by atoms with Gasteiger partial charge >= 0.3 is 0 Å². The van der Waals surface area contributed by atoms with Crippen LogP contribution >= 0.6 is 0 Å². The lowest BCUT2D eigenvalue weighted by Crippen LogP contribution is -2.32. The van der Waals surface area contributed by atoms with Crippen molar-refractivity contribution in [2.45, 2.75) is 40.0 Å². The largest absolute Gasteiger partial charge is 0.392 e. The van der Waals surface area contributed by atoms with Gasteiger partial charge in [-0.3, -0.25) is 0 Å². The summed E-state index contributed by atoms with van der Waals surface area (Å²) in [5, 5.41) is 8.77. The summed E-state index contributed by atoms with van der Waals surface area (Å²) in [5.74, 6) is 1.42. The molecule has 0 aromatic rings. The number of allylic oxidation sites excluding steroid dienone is 1.